The Morgan fingerprint density at radius 3 is 2.40 bits per heavy atom. The van der Waals surface area contributed by atoms with Gasteiger partial charge in [0.05, 0.1) is 18.0 Å². The molecular formula is C22H29N3O4S. The van der Waals surface area contributed by atoms with Crippen molar-refractivity contribution in [3.63, 3.8) is 0 Å². The molecule has 1 aliphatic carbocycles. The fraction of sp³-hybridized carbons (Fsp3) is 0.500. The second kappa shape index (κ2) is 8.91. The number of carbonyl (C=O) groups is 1. The molecule has 30 heavy (non-hydrogen) atoms. The predicted molar refractivity (Wildman–Crippen MR) is 113 cm³/mol. The molecule has 162 valence electrons. The summed E-state index contributed by atoms with van der Waals surface area (Å²) >= 11 is 0. The molecule has 8 heteroatoms. The first kappa shape index (κ1) is 21.1. The average molecular weight is 432 g/mol. The number of piperidine rings is 1. The monoisotopic (exact) mass is 431 g/mol. The Balaban J connectivity index is 1.28. The van der Waals surface area contributed by atoms with Crippen molar-refractivity contribution in [2.45, 2.75) is 56.1 Å². The minimum absolute atomic E-state index is 0.104. The Hall–Kier alpha value is -2.16. The average Bonchev–Trinajstić information content (AvgIpc) is 3.49. The second-order valence-electron chi connectivity index (χ2n) is 8.25. The first-order chi connectivity index (χ1) is 14.4. The molecule has 2 aliphatic rings. The number of nitrogens with zero attached hydrogens (tertiary/aromatic N) is 2. The van der Waals surface area contributed by atoms with Gasteiger partial charge in [-0.3, -0.25) is 9.69 Å². The van der Waals surface area contributed by atoms with Crippen molar-refractivity contribution in [1.82, 2.24) is 14.5 Å². The zero-order chi connectivity index (χ0) is 21.1. The van der Waals surface area contributed by atoms with Gasteiger partial charge in [0.15, 0.2) is 0 Å². The summed E-state index contributed by atoms with van der Waals surface area (Å²) in [5.41, 5.74) is 0. The highest BCUT2D eigenvalue weighted by atomic mass is 32.2. The fourth-order valence-corrected chi connectivity index (χ4v) is 5.25. The Labute approximate surface area is 178 Å². The lowest BCUT2D eigenvalue weighted by molar-refractivity contribution is -0.134. The van der Waals surface area contributed by atoms with Gasteiger partial charge in [-0.15, -0.1) is 0 Å². The van der Waals surface area contributed by atoms with Gasteiger partial charge in [-0.2, -0.15) is 0 Å². The van der Waals surface area contributed by atoms with Crippen LogP contribution in [0.5, 0.6) is 0 Å². The Kier molecular flexibility index (Phi) is 6.26. The number of hydrogen-bond donors (Lipinski definition) is 1. The smallest absolute Gasteiger partial charge is 0.240 e. The van der Waals surface area contributed by atoms with Crippen LogP contribution in [0, 0.1) is 6.92 Å². The maximum absolute atomic E-state index is 12.9. The molecule has 2 heterocycles. The molecule has 1 aliphatic heterocycles. The Morgan fingerprint density at radius 1 is 1.10 bits per heavy atom. The first-order valence-corrected chi connectivity index (χ1v) is 12.0. The van der Waals surface area contributed by atoms with Crippen LogP contribution in [0.2, 0.25) is 0 Å². The van der Waals surface area contributed by atoms with E-state index in [0.717, 1.165) is 24.4 Å². The number of nitrogens with one attached hydrogen (secondary N) is 1. The topological polar surface area (TPSA) is 82.9 Å². The van der Waals surface area contributed by atoms with E-state index in [1.165, 1.54) is 0 Å². The van der Waals surface area contributed by atoms with E-state index in [0.29, 0.717) is 45.1 Å². The first-order valence-electron chi connectivity index (χ1n) is 10.6. The molecule has 1 N–H and O–H groups in total. The lowest BCUT2D eigenvalue weighted by Gasteiger charge is -2.33. The molecule has 1 saturated heterocycles. The van der Waals surface area contributed by atoms with Crippen molar-refractivity contribution in [3.05, 3.63) is 54.0 Å². The second-order valence-corrected chi connectivity index (χ2v) is 9.96. The Morgan fingerprint density at radius 2 is 1.80 bits per heavy atom. The van der Waals surface area contributed by atoms with Crippen LogP contribution in [0.15, 0.2) is 51.8 Å². The van der Waals surface area contributed by atoms with Crippen LogP contribution in [-0.4, -0.2) is 55.8 Å². The van der Waals surface area contributed by atoms with E-state index >= 15 is 0 Å². The minimum atomic E-state index is -3.50. The van der Waals surface area contributed by atoms with Gasteiger partial charge in [0.25, 0.3) is 0 Å². The fourth-order valence-electron chi connectivity index (χ4n) is 3.92. The number of carbonyl (C=O) groups excluding carboxylic acids is 1. The number of sulfonamides is 1. The lowest BCUT2D eigenvalue weighted by Crippen LogP contribution is -2.48. The van der Waals surface area contributed by atoms with Gasteiger partial charge in [-0.1, -0.05) is 18.2 Å². The van der Waals surface area contributed by atoms with Crippen molar-refractivity contribution in [1.29, 1.82) is 0 Å². The van der Waals surface area contributed by atoms with Gasteiger partial charge in [-0.05, 0) is 56.9 Å². The van der Waals surface area contributed by atoms with E-state index in [9.17, 15) is 13.2 Å². The molecule has 2 fully saturated rings. The van der Waals surface area contributed by atoms with E-state index in [4.69, 9.17) is 4.42 Å². The number of likely N-dealkylation sites (tertiary alicyclic amines) is 1. The highest BCUT2D eigenvalue weighted by Gasteiger charge is 2.34. The van der Waals surface area contributed by atoms with E-state index in [-0.39, 0.29) is 16.8 Å². The number of benzene rings is 1. The van der Waals surface area contributed by atoms with Crippen LogP contribution in [0.25, 0.3) is 0 Å². The van der Waals surface area contributed by atoms with E-state index < -0.39 is 10.0 Å². The molecule has 1 amide bonds. The molecule has 0 bridgehead atoms. The number of aryl methyl sites for hydroxylation is 1. The van der Waals surface area contributed by atoms with Gasteiger partial charge < -0.3 is 9.32 Å². The molecular weight excluding hydrogens is 402 g/mol. The molecule has 0 atom stereocenters. The van der Waals surface area contributed by atoms with Crippen molar-refractivity contribution >= 4 is 15.9 Å². The van der Waals surface area contributed by atoms with E-state index in [1.54, 1.807) is 30.3 Å². The van der Waals surface area contributed by atoms with Crippen LogP contribution in [0.1, 0.15) is 37.2 Å². The van der Waals surface area contributed by atoms with E-state index in [2.05, 4.69) is 9.62 Å². The third-order valence-electron chi connectivity index (χ3n) is 5.75. The molecule has 1 saturated carbocycles. The standard InChI is InChI=1S/C22H29N3O4S/c1-17-7-10-20(29-17)15-25(19-8-9-19)22(26)16-24-13-11-18(12-14-24)23-30(27,28)21-5-3-2-4-6-21/h2-7,10,18-19,23H,8-9,11-16H2,1H3. The molecule has 1 aromatic heterocycles. The lowest BCUT2D eigenvalue weighted by atomic mass is 10.1. The number of amides is 1. The number of furan rings is 1. The van der Waals surface area contributed by atoms with Crippen molar-refractivity contribution in [2.24, 2.45) is 0 Å². The van der Waals surface area contributed by atoms with Gasteiger partial charge >= 0.3 is 0 Å². The third kappa shape index (κ3) is 5.30. The maximum atomic E-state index is 12.9. The van der Waals surface area contributed by atoms with Gasteiger partial charge in [-0.25, -0.2) is 13.1 Å². The molecule has 0 radical (unpaired) electrons. The van der Waals surface area contributed by atoms with Crippen molar-refractivity contribution in [2.75, 3.05) is 19.6 Å². The zero-order valence-corrected chi connectivity index (χ0v) is 18.1. The van der Waals surface area contributed by atoms with Crippen LogP contribution in [0.3, 0.4) is 0 Å². The van der Waals surface area contributed by atoms with Crippen molar-refractivity contribution in [3.8, 4) is 0 Å². The van der Waals surface area contributed by atoms with Gasteiger partial charge in [0.1, 0.15) is 11.5 Å². The number of rotatable bonds is 8. The predicted octanol–water partition coefficient (Wildman–Crippen LogP) is 2.52. The normalized spacial score (nSPS) is 18.4. The molecule has 0 unspecified atom stereocenters. The largest absolute Gasteiger partial charge is 0.464 e. The van der Waals surface area contributed by atoms with Crippen LogP contribution in [-0.2, 0) is 21.4 Å². The summed E-state index contributed by atoms with van der Waals surface area (Å²) in [6.07, 6.45) is 3.49. The molecule has 2 aromatic rings. The number of hydrogen-bond acceptors (Lipinski definition) is 5. The highest BCUT2D eigenvalue weighted by molar-refractivity contribution is 7.89. The SMILES string of the molecule is Cc1ccc(CN(C(=O)CN2CCC(NS(=O)(=O)c3ccccc3)CC2)C2CC2)o1. The molecule has 0 spiro atoms. The summed E-state index contributed by atoms with van der Waals surface area (Å²) < 4.78 is 33.5. The molecule has 4 rings (SSSR count). The summed E-state index contributed by atoms with van der Waals surface area (Å²) in [6, 6.07) is 12.5. The summed E-state index contributed by atoms with van der Waals surface area (Å²) in [5.74, 6) is 1.80. The summed E-state index contributed by atoms with van der Waals surface area (Å²) in [6.45, 7) is 4.19. The minimum Gasteiger partial charge on any atom is -0.464 e. The molecule has 7 nitrogen and oxygen atoms in total. The molecule has 1 aromatic carbocycles. The van der Waals surface area contributed by atoms with Crippen LogP contribution < -0.4 is 4.72 Å². The van der Waals surface area contributed by atoms with Crippen molar-refractivity contribution < 1.29 is 17.6 Å². The van der Waals surface area contributed by atoms with Gasteiger partial charge in [0.2, 0.25) is 15.9 Å². The Bertz CT molecular complexity index is 961. The zero-order valence-electron chi connectivity index (χ0n) is 17.3. The maximum Gasteiger partial charge on any atom is 0.240 e. The van der Waals surface area contributed by atoms with Crippen LogP contribution >= 0.6 is 0 Å². The van der Waals surface area contributed by atoms with Crippen LogP contribution in [0.4, 0.5) is 0 Å². The van der Waals surface area contributed by atoms with Gasteiger partial charge in [0, 0.05) is 25.2 Å². The summed E-state index contributed by atoms with van der Waals surface area (Å²) in [5, 5.41) is 0. The summed E-state index contributed by atoms with van der Waals surface area (Å²) in [4.78, 5) is 17.3. The summed E-state index contributed by atoms with van der Waals surface area (Å²) in [7, 11) is -3.50. The third-order valence-corrected chi connectivity index (χ3v) is 7.29. The quantitative estimate of drug-likeness (QED) is 0.695. The highest BCUT2D eigenvalue weighted by Crippen LogP contribution is 2.29. The van der Waals surface area contributed by atoms with E-state index in [1.807, 2.05) is 24.0 Å².